The highest BCUT2D eigenvalue weighted by Crippen LogP contribution is 2.28. The average molecular weight is 375 g/mol. The monoisotopic (exact) mass is 375 g/mol. The molecule has 1 unspecified atom stereocenters. The number of amides is 1. The quantitative estimate of drug-likeness (QED) is 0.455. The smallest absolute Gasteiger partial charge is 0.355 e. The van der Waals surface area contributed by atoms with Gasteiger partial charge >= 0.3 is 6.18 Å². The minimum Gasteiger partial charge on any atom is -0.355 e. The summed E-state index contributed by atoms with van der Waals surface area (Å²) >= 11 is 0.789. The molecule has 0 saturated heterocycles. The number of alkyl halides is 3. The largest absolute Gasteiger partial charge is 0.433 e. The molecule has 0 bridgehead atoms. The molecule has 2 rings (SSSR count). The van der Waals surface area contributed by atoms with E-state index in [2.05, 4.69) is 21.4 Å². The van der Waals surface area contributed by atoms with Gasteiger partial charge in [-0.25, -0.2) is 4.98 Å². The summed E-state index contributed by atoms with van der Waals surface area (Å²) in [6.45, 7) is 2.04. The van der Waals surface area contributed by atoms with Crippen molar-refractivity contribution >= 4 is 17.7 Å². The van der Waals surface area contributed by atoms with Gasteiger partial charge in [0.1, 0.15) is 0 Å². The number of nitrogens with one attached hydrogen (secondary N) is 2. The first-order valence-electron chi connectivity index (χ1n) is 8.06. The van der Waals surface area contributed by atoms with Crippen molar-refractivity contribution in [2.75, 3.05) is 6.54 Å². The minimum absolute atomic E-state index is 0.225. The summed E-state index contributed by atoms with van der Waals surface area (Å²) in [5.74, 6) is -0.304. The minimum atomic E-state index is -4.71. The molecular weight excluding hydrogens is 355 g/mol. The molecule has 0 spiro atoms. The van der Waals surface area contributed by atoms with Crippen molar-refractivity contribution in [3.8, 4) is 0 Å². The van der Waals surface area contributed by atoms with Crippen LogP contribution in [0.2, 0.25) is 0 Å². The first-order chi connectivity index (χ1) is 11.8. The highest BCUT2D eigenvalue weighted by Gasteiger charge is 2.33. The Balaban J connectivity index is 1.89. The number of halogens is 3. The second-order valence-electron chi connectivity index (χ2n) is 5.84. The zero-order valence-electron chi connectivity index (χ0n) is 13.8. The van der Waals surface area contributed by atoms with Crippen molar-refractivity contribution in [2.24, 2.45) is 0 Å². The van der Waals surface area contributed by atoms with Crippen molar-refractivity contribution in [1.82, 2.24) is 15.3 Å². The van der Waals surface area contributed by atoms with Gasteiger partial charge in [-0.2, -0.15) is 13.2 Å². The Morgan fingerprint density at radius 3 is 2.84 bits per heavy atom. The molecular formula is C16H20F3N3O2S. The van der Waals surface area contributed by atoms with Gasteiger partial charge in [0.15, 0.2) is 10.9 Å². The molecule has 1 aliphatic carbocycles. The predicted molar refractivity (Wildman–Crippen MR) is 89.4 cm³/mol. The van der Waals surface area contributed by atoms with Crippen LogP contribution < -0.4 is 10.9 Å². The Labute approximate surface area is 147 Å². The van der Waals surface area contributed by atoms with Gasteiger partial charge in [0.25, 0.3) is 5.56 Å². The summed E-state index contributed by atoms with van der Waals surface area (Å²) < 4.78 is 38.0. The van der Waals surface area contributed by atoms with Crippen molar-refractivity contribution in [3.05, 3.63) is 33.8 Å². The fourth-order valence-corrected chi connectivity index (χ4v) is 3.31. The second-order valence-corrected chi connectivity index (χ2v) is 7.17. The number of carbonyl (C=O) groups is 1. The SMILES string of the molecule is CC(Sc1nc(C(F)(F)F)cc(=O)[nH]1)C(=O)NCCC1=CCCCC1. The number of hydrogen-bond acceptors (Lipinski definition) is 4. The molecule has 2 N–H and O–H groups in total. The number of aromatic amines is 1. The van der Waals surface area contributed by atoms with Crippen LogP contribution in [0.1, 0.15) is 44.7 Å². The van der Waals surface area contributed by atoms with E-state index >= 15 is 0 Å². The molecule has 5 nitrogen and oxygen atoms in total. The lowest BCUT2D eigenvalue weighted by atomic mass is 9.97. The maximum Gasteiger partial charge on any atom is 0.433 e. The van der Waals surface area contributed by atoms with Crippen LogP contribution in [0.3, 0.4) is 0 Å². The molecule has 9 heteroatoms. The molecule has 1 aliphatic rings. The third kappa shape index (κ3) is 6.22. The molecule has 0 saturated carbocycles. The van der Waals surface area contributed by atoms with Gasteiger partial charge in [-0.3, -0.25) is 9.59 Å². The topological polar surface area (TPSA) is 74.8 Å². The van der Waals surface area contributed by atoms with Gasteiger partial charge in [-0.15, -0.1) is 0 Å². The van der Waals surface area contributed by atoms with Gasteiger partial charge in [0.05, 0.1) is 5.25 Å². The predicted octanol–water partition coefficient (Wildman–Crippen LogP) is 3.28. The first kappa shape index (κ1) is 19.6. The number of nitrogens with zero attached hydrogens (tertiary/aromatic N) is 1. The lowest BCUT2D eigenvalue weighted by Gasteiger charge is -2.15. The maximum atomic E-state index is 12.7. The van der Waals surface area contributed by atoms with Gasteiger partial charge < -0.3 is 10.3 Å². The zero-order chi connectivity index (χ0) is 18.4. The van der Waals surface area contributed by atoms with Crippen LogP contribution in [0.5, 0.6) is 0 Å². The standard InChI is InChI=1S/C16H20F3N3O2S/c1-10(14(24)20-8-7-11-5-3-2-4-6-11)25-15-21-12(16(17,18)19)9-13(23)22-15/h5,9-10H,2-4,6-8H2,1H3,(H,20,24)(H,21,22,23). The average Bonchev–Trinajstić information content (AvgIpc) is 2.54. The fourth-order valence-electron chi connectivity index (χ4n) is 2.48. The fraction of sp³-hybridized carbons (Fsp3) is 0.562. The summed E-state index contributed by atoms with van der Waals surface area (Å²) in [6.07, 6.45) is 2.77. The molecule has 0 radical (unpaired) electrons. The Bertz CT molecular complexity index is 701. The van der Waals surface area contributed by atoms with Crippen LogP contribution in [-0.4, -0.2) is 27.7 Å². The third-order valence-electron chi connectivity index (χ3n) is 3.80. The van der Waals surface area contributed by atoms with Crippen LogP contribution in [0.4, 0.5) is 13.2 Å². The Morgan fingerprint density at radius 1 is 1.44 bits per heavy atom. The molecule has 1 heterocycles. The number of H-pyrrole nitrogens is 1. The lowest BCUT2D eigenvalue weighted by Crippen LogP contribution is -2.32. The molecule has 1 aromatic heterocycles. The first-order valence-corrected chi connectivity index (χ1v) is 8.94. The number of allylic oxidation sites excluding steroid dienone is 1. The molecule has 25 heavy (non-hydrogen) atoms. The third-order valence-corrected chi connectivity index (χ3v) is 4.78. The Kier molecular flexibility index (Phi) is 6.69. The summed E-state index contributed by atoms with van der Waals surface area (Å²) in [5, 5.41) is 1.87. The molecule has 0 aromatic carbocycles. The highest BCUT2D eigenvalue weighted by atomic mass is 32.2. The Hall–Kier alpha value is -1.77. The van der Waals surface area contributed by atoms with E-state index in [-0.39, 0.29) is 11.1 Å². The van der Waals surface area contributed by atoms with Gasteiger partial charge in [0.2, 0.25) is 5.91 Å². The van der Waals surface area contributed by atoms with E-state index in [1.165, 1.54) is 18.4 Å². The van der Waals surface area contributed by atoms with Gasteiger partial charge in [-0.05, 0) is 39.0 Å². The molecule has 0 fully saturated rings. The van der Waals surface area contributed by atoms with Gasteiger partial charge in [0, 0.05) is 12.6 Å². The van der Waals surface area contributed by atoms with E-state index < -0.39 is 22.7 Å². The number of rotatable bonds is 6. The zero-order valence-corrected chi connectivity index (χ0v) is 14.6. The normalized spacial score (nSPS) is 16.2. The van der Waals surface area contributed by atoms with Crippen LogP contribution in [0.15, 0.2) is 27.7 Å². The van der Waals surface area contributed by atoms with E-state index in [0.29, 0.717) is 12.6 Å². The number of hydrogen-bond donors (Lipinski definition) is 2. The highest BCUT2D eigenvalue weighted by molar-refractivity contribution is 8.00. The van der Waals surface area contributed by atoms with E-state index in [0.717, 1.165) is 31.0 Å². The number of carbonyl (C=O) groups excluding carboxylic acids is 1. The van der Waals surface area contributed by atoms with Crippen LogP contribution in [-0.2, 0) is 11.0 Å². The molecule has 1 amide bonds. The van der Waals surface area contributed by atoms with E-state index in [1.54, 1.807) is 6.92 Å². The van der Waals surface area contributed by atoms with Crippen LogP contribution in [0, 0.1) is 0 Å². The van der Waals surface area contributed by atoms with E-state index in [4.69, 9.17) is 0 Å². The second kappa shape index (κ2) is 8.55. The van der Waals surface area contributed by atoms with Crippen molar-refractivity contribution < 1.29 is 18.0 Å². The molecule has 1 atom stereocenters. The molecule has 0 aliphatic heterocycles. The van der Waals surface area contributed by atoms with E-state index in [1.807, 2.05) is 0 Å². The number of thioether (sulfide) groups is 1. The summed E-state index contributed by atoms with van der Waals surface area (Å²) in [5.41, 5.74) is -0.840. The Morgan fingerprint density at radius 2 is 2.20 bits per heavy atom. The number of aromatic nitrogens is 2. The van der Waals surface area contributed by atoms with Crippen LogP contribution in [0.25, 0.3) is 0 Å². The van der Waals surface area contributed by atoms with Crippen molar-refractivity contribution in [3.63, 3.8) is 0 Å². The summed E-state index contributed by atoms with van der Waals surface area (Å²) in [4.78, 5) is 29.0. The molecule has 1 aromatic rings. The molecule has 138 valence electrons. The lowest BCUT2D eigenvalue weighted by molar-refractivity contribution is -0.141. The summed E-state index contributed by atoms with van der Waals surface area (Å²) in [7, 11) is 0. The maximum absolute atomic E-state index is 12.7. The van der Waals surface area contributed by atoms with Crippen LogP contribution >= 0.6 is 11.8 Å². The summed E-state index contributed by atoms with van der Waals surface area (Å²) in [6, 6.07) is 0.396. The van der Waals surface area contributed by atoms with Crippen molar-refractivity contribution in [2.45, 2.75) is 55.6 Å². The van der Waals surface area contributed by atoms with E-state index in [9.17, 15) is 22.8 Å². The van der Waals surface area contributed by atoms with Gasteiger partial charge in [-0.1, -0.05) is 23.4 Å². The van der Waals surface area contributed by atoms with Crippen molar-refractivity contribution in [1.29, 1.82) is 0 Å².